The number of nitrogens with zero attached hydrogens (tertiary/aromatic N) is 6. The van der Waals surface area contributed by atoms with Crippen LogP contribution in [0.1, 0.15) is 34.8 Å². The molecule has 4 rings (SSSR count). The number of amides is 1. The fourth-order valence-electron chi connectivity index (χ4n) is 3.14. The lowest BCUT2D eigenvalue weighted by Gasteiger charge is -2.31. The third-order valence-corrected chi connectivity index (χ3v) is 4.52. The van der Waals surface area contributed by atoms with Gasteiger partial charge in [-0.2, -0.15) is 0 Å². The monoisotopic (exact) mass is 334 g/mol. The number of carbonyl (C=O) groups is 1. The highest BCUT2D eigenvalue weighted by molar-refractivity contribution is 5.93. The van der Waals surface area contributed by atoms with E-state index in [9.17, 15) is 4.79 Å². The molecule has 0 N–H and O–H groups in total. The summed E-state index contributed by atoms with van der Waals surface area (Å²) in [6.07, 6.45) is 13.9. The van der Waals surface area contributed by atoms with E-state index in [0.29, 0.717) is 11.5 Å². The van der Waals surface area contributed by atoms with Gasteiger partial charge in [-0.05, 0) is 25.0 Å². The van der Waals surface area contributed by atoms with Crippen molar-refractivity contribution in [3.8, 4) is 5.82 Å². The lowest BCUT2D eigenvalue weighted by Crippen LogP contribution is -2.38. The van der Waals surface area contributed by atoms with Gasteiger partial charge in [-0.3, -0.25) is 19.3 Å². The van der Waals surface area contributed by atoms with E-state index < -0.39 is 0 Å². The van der Waals surface area contributed by atoms with Gasteiger partial charge >= 0.3 is 0 Å². The molecule has 0 saturated carbocycles. The molecule has 1 amide bonds. The predicted octanol–water partition coefficient (Wildman–Crippen LogP) is 2.08. The van der Waals surface area contributed by atoms with Crippen molar-refractivity contribution in [1.82, 2.24) is 29.4 Å². The SMILES string of the molecule is O=C(c1cccnc1)N1CCC(c2cncc(-n3ccnc3)n2)CC1. The molecule has 0 radical (unpaired) electrons. The van der Waals surface area contributed by atoms with Crippen molar-refractivity contribution in [2.75, 3.05) is 13.1 Å². The van der Waals surface area contributed by atoms with Gasteiger partial charge in [0.1, 0.15) is 6.33 Å². The normalized spacial score (nSPS) is 15.3. The summed E-state index contributed by atoms with van der Waals surface area (Å²) in [6.45, 7) is 1.44. The molecule has 126 valence electrons. The van der Waals surface area contributed by atoms with E-state index in [4.69, 9.17) is 4.98 Å². The number of pyridine rings is 1. The van der Waals surface area contributed by atoms with Crippen molar-refractivity contribution < 1.29 is 4.79 Å². The molecular formula is C18H18N6O. The predicted molar refractivity (Wildman–Crippen MR) is 91.3 cm³/mol. The smallest absolute Gasteiger partial charge is 0.255 e. The first kappa shape index (κ1) is 15.4. The summed E-state index contributed by atoms with van der Waals surface area (Å²) in [7, 11) is 0. The van der Waals surface area contributed by atoms with Crippen LogP contribution in [-0.4, -0.2) is 48.4 Å². The molecule has 4 heterocycles. The van der Waals surface area contributed by atoms with E-state index in [1.165, 1.54) is 0 Å². The van der Waals surface area contributed by atoms with Crippen LogP contribution < -0.4 is 0 Å². The highest BCUT2D eigenvalue weighted by Gasteiger charge is 2.25. The molecule has 3 aromatic heterocycles. The van der Waals surface area contributed by atoms with Gasteiger partial charge in [0.05, 0.1) is 17.5 Å². The maximum absolute atomic E-state index is 12.5. The third kappa shape index (κ3) is 3.26. The van der Waals surface area contributed by atoms with Crippen molar-refractivity contribution in [2.45, 2.75) is 18.8 Å². The van der Waals surface area contributed by atoms with Gasteiger partial charge in [0, 0.05) is 50.0 Å². The Kier molecular flexibility index (Phi) is 4.20. The van der Waals surface area contributed by atoms with Crippen molar-refractivity contribution in [2.24, 2.45) is 0 Å². The Morgan fingerprint density at radius 2 is 1.92 bits per heavy atom. The van der Waals surface area contributed by atoms with Crippen LogP contribution in [0.5, 0.6) is 0 Å². The van der Waals surface area contributed by atoms with Gasteiger partial charge in [-0.25, -0.2) is 9.97 Å². The molecule has 0 unspecified atom stereocenters. The van der Waals surface area contributed by atoms with Gasteiger partial charge in [-0.15, -0.1) is 0 Å². The first-order valence-corrected chi connectivity index (χ1v) is 8.31. The summed E-state index contributed by atoms with van der Waals surface area (Å²) < 4.78 is 1.84. The van der Waals surface area contributed by atoms with Crippen molar-refractivity contribution >= 4 is 5.91 Å². The minimum absolute atomic E-state index is 0.0461. The van der Waals surface area contributed by atoms with Crippen molar-refractivity contribution in [3.05, 3.63) is 66.9 Å². The number of likely N-dealkylation sites (tertiary alicyclic amines) is 1. The first-order valence-electron chi connectivity index (χ1n) is 8.31. The van der Waals surface area contributed by atoms with Crippen LogP contribution in [-0.2, 0) is 0 Å². The number of piperidine rings is 1. The molecule has 0 aromatic carbocycles. The largest absolute Gasteiger partial charge is 0.339 e. The highest BCUT2D eigenvalue weighted by Crippen LogP contribution is 2.27. The Labute approximate surface area is 145 Å². The number of rotatable bonds is 3. The second-order valence-electron chi connectivity index (χ2n) is 6.08. The lowest BCUT2D eigenvalue weighted by atomic mass is 9.93. The van der Waals surface area contributed by atoms with Crippen LogP contribution in [0.15, 0.2) is 55.6 Å². The maximum Gasteiger partial charge on any atom is 0.255 e. The number of aromatic nitrogens is 5. The molecule has 0 spiro atoms. The molecule has 1 aliphatic rings. The van der Waals surface area contributed by atoms with Crippen LogP contribution in [0.4, 0.5) is 0 Å². The number of carbonyl (C=O) groups excluding carboxylic acids is 1. The van der Waals surface area contributed by atoms with Crippen LogP contribution in [0.2, 0.25) is 0 Å². The molecule has 1 fully saturated rings. The van der Waals surface area contributed by atoms with E-state index in [0.717, 1.165) is 37.4 Å². The Balaban J connectivity index is 1.44. The van der Waals surface area contributed by atoms with E-state index in [-0.39, 0.29) is 5.91 Å². The van der Waals surface area contributed by atoms with Gasteiger partial charge in [0.2, 0.25) is 0 Å². The van der Waals surface area contributed by atoms with Crippen molar-refractivity contribution in [1.29, 1.82) is 0 Å². The molecule has 1 aliphatic heterocycles. The van der Waals surface area contributed by atoms with Crippen molar-refractivity contribution in [3.63, 3.8) is 0 Å². The Morgan fingerprint density at radius 3 is 2.64 bits per heavy atom. The topological polar surface area (TPSA) is 76.8 Å². The summed E-state index contributed by atoms with van der Waals surface area (Å²) in [4.78, 5) is 31.5. The number of imidazole rings is 1. The fraction of sp³-hybridized carbons (Fsp3) is 0.278. The first-order chi connectivity index (χ1) is 12.3. The average Bonchev–Trinajstić information content (AvgIpc) is 3.23. The molecule has 0 aliphatic carbocycles. The minimum atomic E-state index is 0.0461. The maximum atomic E-state index is 12.5. The highest BCUT2D eigenvalue weighted by atomic mass is 16.2. The quantitative estimate of drug-likeness (QED) is 0.733. The second-order valence-corrected chi connectivity index (χ2v) is 6.08. The van der Waals surface area contributed by atoms with Crippen LogP contribution in [0.25, 0.3) is 5.82 Å². The van der Waals surface area contributed by atoms with Crippen LogP contribution in [0, 0.1) is 0 Å². The summed E-state index contributed by atoms with van der Waals surface area (Å²) in [5.41, 5.74) is 1.61. The molecule has 7 heteroatoms. The third-order valence-electron chi connectivity index (χ3n) is 4.52. The molecular weight excluding hydrogens is 316 g/mol. The Morgan fingerprint density at radius 1 is 1.04 bits per heavy atom. The van der Waals surface area contributed by atoms with E-state index in [2.05, 4.69) is 15.0 Å². The molecule has 7 nitrogen and oxygen atoms in total. The zero-order valence-electron chi connectivity index (χ0n) is 13.7. The fourth-order valence-corrected chi connectivity index (χ4v) is 3.14. The molecule has 25 heavy (non-hydrogen) atoms. The van der Waals surface area contributed by atoms with Crippen LogP contribution in [0.3, 0.4) is 0 Å². The minimum Gasteiger partial charge on any atom is -0.339 e. The Hall–Kier alpha value is -3.09. The zero-order valence-corrected chi connectivity index (χ0v) is 13.7. The molecule has 1 saturated heterocycles. The summed E-state index contributed by atoms with van der Waals surface area (Å²) >= 11 is 0. The van der Waals surface area contributed by atoms with Gasteiger partial charge < -0.3 is 4.90 Å². The van der Waals surface area contributed by atoms with E-state index >= 15 is 0 Å². The van der Waals surface area contributed by atoms with Gasteiger partial charge in [0.15, 0.2) is 5.82 Å². The summed E-state index contributed by atoms with van der Waals surface area (Å²) in [5, 5.41) is 0. The number of hydrogen-bond donors (Lipinski definition) is 0. The zero-order chi connectivity index (χ0) is 17.1. The Bertz CT molecular complexity index is 841. The molecule has 0 atom stereocenters. The van der Waals surface area contributed by atoms with E-state index in [1.807, 2.05) is 27.9 Å². The molecule has 0 bridgehead atoms. The van der Waals surface area contributed by atoms with E-state index in [1.54, 1.807) is 37.2 Å². The van der Waals surface area contributed by atoms with Gasteiger partial charge in [0.25, 0.3) is 5.91 Å². The summed E-state index contributed by atoms with van der Waals surface area (Å²) in [6, 6.07) is 3.60. The number of hydrogen-bond acceptors (Lipinski definition) is 5. The summed E-state index contributed by atoms with van der Waals surface area (Å²) in [5.74, 6) is 1.13. The second kappa shape index (κ2) is 6.80. The molecule has 3 aromatic rings. The van der Waals surface area contributed by atoms with Gasteiger partial charge in [-0.1, -0.05) is 0 Å². The standard InChI is InChI=1S/C18H18N6O/c25-18(15-2-1-5-19-10-15)23-7-3-14(4-8-23)16-11-21-12-17(22-16)24-9-6-20-13-24/h1-2,5-6,9-14H,3-4,7-8H2. The lowest BCUT2D eigenvalue weighted by molar-refractivity contribution is 0.0711. The van der Waals surface area contributed by atoms with Crippen LogP contribution >= 0.6 is 0 Å². The average molecular weight is 334 g/mol.